The first kappa shape index (κ1) is 40.7. The van der Waals surface area contributed by atoms with Crippen LogP contribution in [0.1, 0.15) is 130 Å². The van der Waals surface area contributed by atoms with Crippen molar-refractivity contribution in [1.29, 1.82) is 0 Å². The zero-order valence-corrected chi connectivity index (χ0v) is 40.3. The van der Waals surface area contributed by atoms with Crippen molar-refractivity contribution in [2.75, 3.05) is 0 Å². The lowest BCUT2D eigenvalue weighted by Crippen LogP contribution is -2.55. The maximum atomic E-state index is 5.21. The van der Waals surface area contributed by atoms with Gasteiger partial charge in [-0.25, -0.2) is 0 Å². The Bertz CT molecular complexity index is 3090. The second-order valence-corrected chi connectivity index (χ2v) is 26.9. The summed E-state index contributed by atoms with van der Waals surface area (Å²) >= 11 is 1.94. The van der Waals surface area contributed by atoms with E-state index in [9.17, 15) is 0 Å². The van der Waals surface area contributed by atoms with Gasteiger partial charge in [0.15, 0.2) is 23.3 Å². The Labute approximate surface area is 379 Å². The molecule has 0 N–H and O–H groups in total. The number of imidazole rings is 1. The van der Waals surface area contributed by atoms with Gasteiger partial charge in [-0.05, 0) is 96.5 Å². The fourth-order valence-corrected chi connectivity index (χ4v) is 14.9. The Morgan fingerprint density at radius 3 is 2.17 bits per heavy atom. The summed E-state index contributed by atoms with van der Waals surface area (Å²) in [7, 11) is -1.72. The first-order valence-electron chi connectivity index (χ1n) is 24.0. The summed E-state index contributed by atoms with van der Waals surface area (Å²) in [6.45, 7) is 22.4. The highest BCUT2D eigenvalue weighted by molar-refractivity contribution is 7.25. The van der Waals surface area contributed by atoms with Crippen LogP contribution in [0, 0.1) is 0 Å². The summed E-state index contributed by atoms with van der Waals surface area (Å²) < 4.78 is 10.8. The number of allylic oxidation sites excluding steroid dienone is 1. The molecule has 1 fully saturated rings. The maximum absolute atomic E-state index is 5.21. The van der Waals surface area contributed by atoms with Gasteiger partial charge in [-0.1, -0.05) is 140 Å². The number of aromatic nitrogens is 3. The second-order valence-electron chi connectivity index (χ2n) is 20.8. The Balaban J connectivity index is 1.22. The first-order valence-corrected chi connectivity index (χ1v) is 28.3. The number of hydrogen-bond acceptors (Lipinski definition) is 1. The first-order chi connectivity index (χ1) is 30.5. The monoisotopic (exact) mass is 861 g/mol. The predicted molar refractivity (Wildman–Crippen MR) is 271 cm³/mol. The van der Waals surface area contributed by atoms with Crippen molar-refractivity contribution in [3.63, 3.8) is 0 Å². The molecule has 3 aromatic heterocycles. The average Bonchev–Trinajstić information content (AvgIpc) is 3.82. The number of thiophene rings is 1. The molecule has 8 aromatic rings. The minimum atomic E-state index is -1.72. The largest absolute Gasteiger partial charge is 0.300 e. The fourth-order valence-electron chi connectivity index (χ4n) is 12.1. The number of nitrogens with zero attached hydrogens (tertiary/aromatic N) is 3. The van der Waals surface area contributed by atoms with Crippen molar-refractivity contribution < 1.29 is 9.13 Å². The van der Waals surface area contributed by atoms with Crippen LogP contribution >= 0.6 is 11.3 Å². The number of hydrogen-bond donors (Lipinski definition) is 0. The maximum Gasteiger partial charge on any atom is 0.300 e. The van der Waals surface area contributed by atoms with E-state index in [-0.39, 0.29) is 6.04 Å². The van der Waals surface area contributed by atoms with Crippen LogP contribution in [0.4, 0.5) is 0 Å². The van der Waals surface area contributed by atoms with Gasteiger partial charge in [0.05, 0.1) is 20.1 Å². The molecule has 5 heterocycles. The van der Waals surface area contributed by atoms with Gasteiger partial charge >= 0.3 is 0 Å². The van der Waals surface area contributed by atoms with E-state index in [0.717, 1.165) is 25.0 Å². The van der Waals surface area contributed by atoms with E-state index >= 15 is 0 Å². The molecule has 3 aliphatic rings. The molecule has 5 heteroatoms. The summed E-state index contributed by atoms with van der Waals surface area (Å²) in [6.07, 6.45) is 12.3. The van der Waals surface area contributed by atoms with Gasteiger partial charge < -0.3 is 0 Å². The average molecular weight is 862 g/mol. The van der Waals surface area contributed by atoms with Gasteiger partial charge in [0.25, 0.3) is 5.82 Å². The molecule has 3 nitrogen and oxygen atoms in total. The van der Waals surface area contributed by atoms with E-state index in [4.69, 9.17) is 6.58 Å². The van der Waals surface area contributed by atoms with Gasteiger partial charge in [-0.15, -0.1) is 11.3 Å². The van der Waals surface area contributed by atoms with Gasteiger partial charge in [0.2, 0.25) is 5.69 Å². The molecule has 318 valence electrons. The highest BCUT2D eigenvalue weighted by atomic mass is 32.1. The SMILES string of the molecule is C=C1CC2C(CCc3cc4sc5ccccc5c4cc3-c3n(-c4c(C(C)C)cccc4C(C)C)c4ccccc4[n+]31)c1ccccc1-c1cc(C3CCCCC3)c([Si](C)(C)C)c[n+]12. The number of aryl methyl sites for hydroxylation is 1. The summed E-state index contributed by atoms with van der Waals surface area (Å²) in [4.78, 5) is 0. The number of para-hydroxylation sites is 3. The van der Waals surface area contributed by atoms with Crippen LogP contribution in [-0.2, 0) is 6.42 Å². The molecular weight excluding hydrogens is 799 g/mol. The highest BCUT2D eigenvalue weighted by Crippen LogP contribution is 2.48. The van der Waals surface area contributed by atoms with Crippen molar-refractivity contribution in [2.45, 2.75) is 128 Å². The van der Waals surface area contributed by atoms with Gasteiger partial charge in [-0.3, -0.25) is 0 Å². The van der Waals surface area contributed by atoms with Gasteiger partial charge in [0, 0.05) is 54.0 Å². The third-order valence-electron chi connectivity index (χ3n) is 15.1. The van der Waals surface area contributed by atoms with Crippen LogP contribution in [-0.4, -0.2) is 12.6 Å². The molecule has 0 bridgehead atoms. The molecular formula is C58H63N3SSi+2. The van der Waals surface area contributed by atoms with Crippen LogP contribution in [0.15, 0.2) is 122 Å². The molecule has 2 unspecified atom stereocenters. The van der Waals surface area contributed by atoms with E-state index in [1.807, 2.05) is 11.3 Å². The number of rotatable bonds is 5. The molecule has 0 spiro atoms. The van der Waals surface area contributed by atoms with E-state index in [0.29, 0.717) is 23.7 Å². The number of benzene rings is 5. The highest BCUT2D eigenvalue weighted by Gasteiger charge is 2.45. The Morgan fingerprint density at radius 2 is 1.41 bits per heavy atom. The zero-order valence-electron chi connectivity index (χ0n) is 38.5. The summed E-state index contributed by atoms with van der Waals surface area (Å²) in [5, 5.41) is 4.35. The Hall–Kier alpha value is -5.10. The molecule has 2 atom stereocenters. The lowest BCUT2D eigenvalue weighted by molar-refractivity contribution is -0.719. The van der Waals surface area contributed by atoms with Crippen LogP contribution in [0.2, 0.25) is 19.6 Å². The lowest BCUT2D eigenvalue weighted by atomic mass is 9.76. The molecule has 0 radical (unpaired) electrons. The van der Waals surface area contributed by atoms with Crippen LogP contribution in [0.25, 0.3) is 65.2 Å². The zero-order chi connectivity index (χ0) is 43.3. The Kier molecular flexibility index (Phi) is 10.0. The third-order valence-corrected chi connectivity index (χ3v) is 18.3. The number of pyridine rings is 1. The quantitative estimate of drug-likeness (QED) is 0.121. The molecule has 63 heavy (non-hydrogen) atoms. The summed E-state index contributed by atoms with van der Waals surface area (Å²) in [5.41, 5.74) is 16.5. The van der Waals surface area contributed by atoms with Crippen LogP contribution in [0.5, 0.6) is 0 Å². The molecule has 2 aliphatic heterocycles. The van der Waals surface area contributed by atoms with Crippen molar-refractivity contribution in [3.05, 3.63) is 150 Å². The van der Waals surface area contributed by atoms with E-state index in [2.05, 4.69) is 176 Å². The summed E-state index contributed by atoms with van der Waals surface area (Å²) in [6, 6.07) is 42.8. The van der Waals surface area contributed by atoms with Crippen molar-refractivity contribution in [3.8, 4) is 28.3 Å². The van der Waals surface area contributed by atoms with E-state index < -0.39 is 8.07 Å². The van der Waals surface area contributed by atoms with Gasteiger partial charge in [-0.2, -0.15) is 13.7 Å². The van der Waals surface area contributed by atoms with E-state index in [1.54, 1.807) is 10.8 Å². The van der Waals surface area contributed by atoms with Crippen molar-refractivity contribution in [1.82, 2.24) is 4.57 Å². The van der Waals surface area contributed by atoms with E-state index in [1.165, 1.54) is 114 Å². The molecule has 1 aliphatic carbocycles. The normalized spacial score (nSPS) is 18.1. The molecule has 11 rings (SSSR count). The minimum absolute atomic E-state index is 0.226. The predicted octanol–water partition coefficient (Wildman–Crippen LogP) is 14.9. The molecule has 5 aromatic carbocycles. The van der Waals surface area contributed by atoms with Crippen molar-refractivity contribution >= 4 is 61.5 Å². The van der Waals surface area contributed by atoms with Crippen LogP contribution < -0.4 is 14.3 Å². The second kappa shape index (κ2) is 15.6. The number of fused-ring (bicyclic) bond motifs is 14. The fraction of sp³-hybridized carbons (Fsp3) is 0.345. The molecule has 0 saturated heterocycles. The summed E-state index contributed by atoms with van der Waals surface area (Å²) in [5.74, 6) is 2.92. The smallest absolute Gasteiger partial charge is 0.195 e. The van der Waals surface area contributed by atoms with Gasteiger partial charge in [0.1, 0.15) is 11.4 Å². The lowest BCUT2D eigenvalue weighted by Gasteiger charge is -2.34. The topological polar surface area (TPSA) is 12.7 Å². The molecule has 0 amide bonds. The van der Waals surface area contributed by atoms with Crippen molar-refractivity contribution in [2.24, 2.45) is 0 Å². The minimum Gasteiger partial charge on any atom is -0.195 e. The third kappa shape index (κ3) is 6.62. The standard InChI is InChI=1S/C58H63N3SSi/c1-36(2)41-24-18-25-42(37(3)4)57(41)61-51-27-16-15-26-50(51)60-38(5)31-52-45(30-29-40-32-55-49(33-48(40)58(60)61)46-23-14-17-28-54(46)62-55)43-21-12-13-22-44(43)53-34-47(39-19-10-9-11-20-39)56(35-59(52)53)63(6,7)8/h12-18,21-28,32-37,39,45,52H,5,9-11,19-20,29-31H2,1-4,6-8H3/q+2. The van der Waals surface area contributed by atoms with Crippen LogP contribution in [0.3, 0.4) is 0 Å². The Morgan fingerprint density at radius 1 is 0.698 bits per heavy atom. The molecule has 1 saturated carbocycles.